The molecule has 0 spiro atoms. The molecule has 0 bridgehead atoms. The Bertz CT molecular complexity index is 2060. The molecule has 5 rings (SSSR count). The molecule has 48 heavy (non-hydrogen) atoms. The van der Waals surface area contributed by atoms with E-state index in [1.54, 1.807) is 62.4 Å². The summed E-state index contributed by atoms with van der Waals surface area (Å²) in [4.78, 5) is 49.2. The molecule has 1 aliphatic rings. The van der Waals surface area contributed by atoms with Gasteiger partial charge >= 0.3 is 0 Å². The topological polar surface area (TPSA) is 171 Å². The van der Waals surface area contributed by atoms with E-state index in [-0.39, 0.29) is 40.4 Å². The number of aromatic nitrogens is 2. The molecule has 0 saturated carbocycles. The predicted octanol–water partition coefficient (Wildman–Crippen LogP) is 5.01. The minimum atomic E-state index is -4.21. The summed E-state index contributed by atoms with van der Waals surface area (Å²) in [5, 5.41) is 5.52. The smallest absolute Gasteiger partial charge is 0.278 e. The van der Waals surface area contributed by atoms with Crippen molar-refractivity contribution in [2.45, 2.75) is 25.7 Å². The second-order valence-corrected chi connectivity index (χ2v) is 12.5. The number of aliphatic imine (C=N–C) groups is 3. The van der Waals surface area contributed by atoms with Crippen LogP contribution >= 0.6 is 0 Å². The molecule has 3 aromatic carbocycles. The SMILES string of the molecule is CCN1C(/C(=N/c2ccc(N(C)C)cc2/N=C/Oc2ccccc2)C(=O)Nc2cc(NC(C)=O)ccc2C)=Nc2ncncc2S1(=O)=O. The molecule has 2 amide bonds. The molecule has 0 unspecified atom stereocenters. The average Bonchev–Trinajstić information content (AvgIpc) is 3.05. The molecule has 246 valence electrons. The quantitative estimate of drug-likeness (QED) is 0.175. The van der Waals surface area contributed by atoms with Crippen LogP contribution in [0.25, 0.3) is 0 Å². The van der Waals surface area contributed by atoms with Gasteiger partial charge in [0.2, 0.25) is 5.91 Å². The number of anilines is 3. The number of nitrogens with one attached hydrogen (secondary N) is 2. The summed E-state index contributed by atoms with van der Waals surface area (Å²) in [6.45, 7) is 4.69. The first-order chi connectivity index (χ1) is 23.0. The summed E-state index contributed by atoms with van der Waals surface area (Å²) in [5.74, 6) is -0.872. The van der Waals surface area contributed by atoms with Gasteiger partial charge in [-0.3, -0.25) is 9.59 Å². The number of hydrogen-bond acceptors (Lipinski definition) is 11. The Balaban J connectivity index is 1.67. The van der Waals surface area contributed by atoms with Gasteiger partial charge in [-0.1, -0.05) is 24.3 Å². The lowest BCUT2D eigenvalue weighted by molar-refractivity contribution is -0.114. The van der Waals surface area contributed by atoms with Gasteiger partial charge in [0, 0.05) is 44.6 Å². The number of amides is 2. The van der Waals surface area contributed by atoms with Crippen LogP contribution in [0.5, 0.6) is 5.75 Å². The zero-order chi connectivity index (χ0) is 34.4. The number of benzene rings is 3. The number of fused-ring (bicyclic) bond motifs is 1. The van der Waals surface area contributed by atoms with E-state index in [2.05, 4.69) is 30.6 Å². The molecule has 0 radical (unpaired) electrons. The van der Waals surface area contributed by atoms with Gasteiger partial charge in [0.05, 0.1) is 17.6 Å². The Hall–Kier alpha value is -5.96. The molecular weight excluding hydrogens is 634 g/mol. The first-order valence-electron chi connectivity index (χ1n) is 14.7. The summed E-state index contributed by atoms with van der Waals surface area (Å²) >= 11 is 0. The molecule has 15 heteroatoms. The fourth-order valence-corrected chi connectivity index (χ4v) is 6.08. The molecule has 2 N–H and O–H groups in total. The molecule has 1 aromatic heterocycles. The number of para-hydroxylation sites is 1. The highest BCUT2D eigenvalue weighted by Crippen LogP contribution is 2.34. The van der Waals surface area contributed by atoms with E-state index < -0.39 is 15.9 Å². The zero-order valence-corrected chi connectivity index (χ0v) is 27.7. The highest BCUT2D eigenvalue weighted by Gasteiger charge is 2.38. The van der Waals surface area contributed by atoms with Gasteiger partial charge < -0.3 is 20.3 Å². The van der Waals surface area contributed by atoms with Crippen LogP contribution in [0.3, 0.4) is 0 Å². The summed E-state index contributed by atoms with van der Waals surface area (Å²) in [7, 11) is -0.487. The normalized spacial score (nSPS) is 13.8. The lowest BCUT2D eigenvalue weighted by Gasteiger charge is -2.28. The third-order valence-corrected chi connectivity index (χ3v) is 8.88. The number of rotatable bonds is 10. The van der Waals surface area contributed by atoms with Crippen LogP contribution in [0.2, 0.25) is 0 Å². The summed E-state index contributed by atoms with van der Waals surface area (Å²) < 4.78 is 34.1. The van der Waals surface area contributed by atoms with Gasteiger partial charge in [0.25, 0.3) is 15.9 Å². The van der Waals surface area contributed by atoms with Gasteiger partial charge in [-0.05, 0) is 61.9 Å². The second kappa shape index (κ2) is 14.2. The van der Waals surface area contributed by atoms with Crippen molar-refractivity contribution in [3.05, 3.63) is 84.8 Å². The van der Waals surface area contributed by atoms with Crippen molar-refractivity contribution in [1.29, 1.82) is 0 Å². The van der Waals surface area contributed by atoms with Crippen molar-refractivity contribution in [2.75, 3.05) is 36.2 Å². The minimum Gasteiger partial charge on any atom is -0.446 e. The average molecular weight is 668 g/mol. The number of carbonyl (C=O) groups excluding carboxylic acids is 2. The van der Waals surface area contributed by atoms with Crippen molar-refractivity contribution >= 4 is 74.0 Å². The van der Waals surface area contributed by atoms with Crippen molar-refractivity contribution in [3.63, 3.8) is 0 Å². The number of ether oxygens (including phenoxy) is 1. The van der Waals surface area contributed by atoms with Crippen LogP contribution in [0.1, 0.15) is 19.4 Å². The third-order valence-electron chi connectivity index (χ3n) is 7.03. The Morgan fingerprint density at radius 2 is 1.79 bits per heavy atom. The first-order valence-corrected chi connectivity index (χ1v) is 16.2. The summed E-state index contributed by atoms with van der Waals surface area (Å²) in [5.41, 5.74) is 2.51. The van der Waals surface area contributed by atoms with E-state index in [0.717, 1.165) is 16.2 Å². The maximum Gasteiger partial charge on any atom is 0.278 e. The highest BCUT2D eigenvalue weighted by atomic mass is 32.2. The molecule has 0 aliphatic carbocycles. The molecule has 1 aliphatic heterocycles. The van der Waals surface area contributed by atoms with Gasteiger partial charge in [-0.15, -0.1) is 0 Å². The second-order valence-electron chi connectivity index (χ2n) is 10.7. The number of carbonyl (C=O) groups is 2. The van der Waals surface area contributed by atoms with E-state index in [1.807, 2.05) is 37.2 Å². The molecule has 0 atom stereocenters. The van der Waals surface area contributed by atoms with E-state index in [1.165, 1.54) is 19.7 Å². The zero-order valence-electron chi connectivity index (χ0n) is 26.9. The monoisotopic (exact) mass is 667 g/mol. The van der Waals surface area contributed by atoms with Crippen LogP contribution < -0.4 is 20.3 Å². The lowest BCUT2D eigenvalue weighted by atomic mass is 10.1. The summed E-state index contributed by atoms with van der Waals surface area (Å²) in [6.07, 6.45) is 3.59. The number of nitrogens with zero attached hydrogens (tertiary/aromatic N) is 7. The first kappa shape index (κ1) is 33.4. The fraction of sp³-hybridized carbons (Fsp3) is 0.182. The van der Waals surface area contributed by atoms with Crippen LogP contribution in [0.15, 0.2) is 99.1 Å². The van der Waals surface area contributed by atoms with Crippen LogP contribution in [0.4, 0.5) is 34.3 Å². The van der Waals surface area contributed by atoms with E-state index in [0.29, 0.717) is 28.4 Å². The van der Waals surface area contributed by atoms with Crippen molar-refractivity contribution in [2.24, 2.45) is 15.0 Å². The number of aryl methyl sites for hydroxylation is 1. The molecule has 4 aromatic rings. The predicted molar refractivity (Wildman–Crippen MR) is 186 cm³/mol. The standard InChI is InChI=1S/C33H33N9O5S/c1-6-42-32(40-31-29(48(42,45)46)18-34-19-35-31)30(33(44)39-27-16-23(37-22(3)43)13-12-21(27)2)38-26-15-14-24(41(4)5)17-28(26)36-20-47-25-10-8-7-9-11-25/h7-20H,6H2,1-5H3,(H,37,43)(H,39,44)/b36-20+,38-30-. The molecular formula is C33H33N9O5S. The Labute approximate surface area is 278 Å². The molecule has 0 saturated heterocycles. The third kappa shape index (κ3) is 7.36. The maximum atomic E-state index is 14.2. The molecule has 14 nitrogen and oxygen atoms in total. The van der Waals surface area contributed by atoms with Gasteiger partial charge in [0.1, 0.15) is 12.1 Å². The minimum absolute atomic E-state index is 0.0751. The molecule has 0 fully saturated rings. The van der Waals surface area contributed by atoms with Gasteiger partial charge in [-0.25, -0.2) is 37.7 Å². The van der Waals surface area contributed by atoms with Gasteiger partial charge in [0.15, 0.2) is 28.7 Å². The van der Waals surface area contributed by atoms with Crippen LogP contribution in [-0.4, -0.2) is 73.1 Å². The Kier molecular flexibility index (Phi) is 9.89. The largest absolute Gasteiger partial charge is 0.446 e. The fourth-order valence-electron chi connectivity index (χ4n) is 4.63. The van der Waals surface area contributed by atoms with E-state index in [9.17, 15) is 18.0 Å². The summed E-state index contributed by atoms with van der Waals surface area (Å²) in [6, 6.07) is 19.3. The number of amidine groups is 1. The Morgan fingerprint density at radius 1 is 1.02 bits per heavy atom. The van der Waals surface area contributed by atoms with Crippen LogP contribution in [-0.2, 0) is 19.6 Å². The number of sulfonamides is 1. The van der Waals surface area contributed by atoms with Crippen LogP contribution in [0, 0.1) is 6.92 Å². The highest BCUT2D eigenvalue weighted by molar-refractivity contribution is 7.90. The number of hydrogen-bond donors (Lipinski definition) is 2. The van der Waals surface area contributed by atoms with E-state index >= 15 is 0 Å². The lowest BCUT2D eigenvalue weighted by Crippen LogP contribution is -2.46. The van der Waals surface area contributed by atoms with Crippen molar-refractivity contribution in [1.82, 2.24) is 14.3 Å². The van der Waals surface area contributed by atoms with Crippen molar-refractivity contribution < 1.29 is 22.7 Å². The van der Waals surface area contributed by atoms with Crippen molar-refractivity contribution in [3.8, 4) is 5.75 Å². The maximum absolute atomic E-state index is 14.2. The van der Waals surface area contributed by atoms with E-state index in [4.69, 9.17) is 9.73 Å². The van der Waals surface area contributed by atoms with Gasteiger partial charge in [-0.2, -0.15) is 0 Å². The Morgan fingerprint density at radius 3 is 2.50 bits per heavy atom. The molecule has 2 heterocycles.